The molecule has 0 bridgehead atoms. The van der Waals surface area contributed by atoms with Gasteiger partial charge < -0.3 is 10.0 Å². The molecule has 1 saturated carbocycles. The molecule has 16 heavy (non-hydrogen) atoms. The zero-order valence-electron chi connectivity index (χ0n) is 9.69. The molecule has 0 aromatic rings. The summed E-state index contributed by atoms with van der Waals surface area (Å²) in [5.74, 6) is -0.429. The third-order valence-electron chi connectivity index (χ3n) is 4.08. The highest BCUT2D eigenvalue weighted by atomic mass is 16.4. The lowest BCUT2D eigenvalue weighted by Gasteiger charge is -2.29. The fraction of sp³-hybridized carbons (Fsp3) is 0.833. The number of aliphatic carboxylic acids is 1. The van der Waals surface area contributed by atoms with Crippen molar-refractivity contribution in [1.82, 2.24) is 4.90 Å². The first-order chi connectivity index (χ1) is 7.59. The molecule has 90 valence electrons. The standard InChI is InChI=1S/C12H19NO3/c1-8-10(12(15)16)5-6-13(8)11(14)7-9-3-2-4-9/h8-10H,2-7H2,1H3,(H,15,16). The van der Waals surface area contributed by atoms with Gasteiger partial charge >= 0.3 is 5.97 Å². The Morgan fingerprint density at radius 2 is 2.00 bits per heavy atom. The minimum atomic E-state index is -0.772. The molecule has 4 heteroatoms. The second-order valence-corrected chi connectivity index (χ2v) is 5.06. The topological polar surface area (TPSA) is 57.6 Å². The van der Waals surface area contributed by atoms with Gasteiger partial charge in [-0.1, -0.05) is 6.42 Å². The first-order valence-corrected chi connectivity index (χ1v) is 6.12. The van der Waals surface area contributed by atoms with Crippen LogP contribution in [-0.2, 0) is 9.59 Å². The summed E-state index contributed by atoms with van der Waals surface area (Å²) in [6, 6.07) is -0.134. The number of likely N-dealkylation sites (tertiary alicyclic amines) is 1. The third kappa shape index (κ3) is 2.06. The van der Waals surface area contributed by atoms with Gasteiger partial charge in [-0.3, -0.25) is 9.59 Å². The summed E-state index contributed by atoms with van der Waals surface area (Å²) in [7, 11) is 0. The van der Waals surface area contributed by atoms with Crippen molar-refractivity contribution in [3.63, 3.8) is 0 Å². The van der Waals surface area contributed by atoms with Crippen molar-refractivity contribution < 1.29 is 14.7 Å². The highest BCUT2D eigenvalue weighted by Gasteiger charge is 2.38. The second-order valence-electron chi connectivity index (χ2n) is 5.06. The zero-order chi connectivity index (χ0) is 11.7. The van der Waals surface area contributed by atoms with Gasteiger partial charge in [-0.25, -0.2) is 0 Å². The molecule has 1 heterocycles. The third-order valence-corrected chi connectivity index (χ3v) is 4.08. The molecule has 4 nitrogen and oxygen atoms in total. The van der Waals surface area contributed by atoms with Gasteiger partial charge in [-0.05, 0) is 32.1 Å². The number of nitrogens with zero attached hydrogens (tertiary/aromatic N) is 1. The van der Waals surface area contributed by atoms with Crippen LogP contribution in [0.1, 0.15) is 39.0 Å². The van der Waals surface area contributed by atoms with E-state index in [2.05, 4.69) is 0 Å². The van der Waals surface area contributed by atoms with E-state index in [4.69, 9.17) is 5.11 Å². The Morgan fingerprint density at radius 1 is 1.31 bits per heavy atom. The molecule has 2 rings (SSSR count). The van der Waals surface area contributed by atoms with Gasteiger partial charge in [0.05, 0.1) is 5.92 Å². The number of carbonyl (C=O) groups is 2. The first-order valence-electron chi connectivity index (χ1n) is 6.12. The van der Waals surface area contributed by atoms with Crippen molar-refractivity contribution in [2.45, 2.75) is 45.1 Å². The quantitative estimate of drug-likeness (QED) is 0.791. The van der Waals surface area contributed by atoms with E-state index >= 15 is 0 Å². The lowest BCUT2D eigenvalue weighted by molar-refractivity contribution is -0.143. The Bertz CT molecular complexity index is 299. The minimum absolute atomic E-state index is 0.134. The fourth-order valence-electron chi connectivity index (χ4n) is 2.68. The number of rotatable bonds is 3. The van der Waals surface area contributed by atoms with Gasteiger partial charge in [0, 0.05) is 19.0 Å². The van der Waals surface area contributed by atoms with Crippen molar-refractivity contribution in [2.75, 3.05) is 6.54 Å². The van der Waals surface area contributed by atoms with E-state index in [9.17, 15) is 9.59 Å². The molecule has 0 aromatic heterocycles. The Kier molecular flexibility index (Phi) is 3.17. The van der Waals surface area contributed by atoms with Crippen molar-refractivity contribution in [1.29, 1.82) is 0 Å². The lowest BCUT2D eigenvalue weighted by atomic mass is 9.82. The summed E-state index contributed by atoms with van der Waals surface area (Å²) in [5.41, 5.74) is 0. The van der Waals surface area contributed by atoms with Crippen LogP contribution >= 0.6 is 0 Å². The van der Waals surface area contributed by atoms with Crippen LogP contribution in [0.15, 0.2) is 0 Å². The van der Waals surface area contributed by atoms with Crippen LogP contribution in [0, 0.1) is 11.8 Å². The van der Waals surface area contributed by atoms with Crippen LogP contribution in [0.5, 0.6) is 0 Å². The predicted octanol–water partition coefficient (Wildman–Crippen LogP) is 1.50. The summed E-state index contributed by atoms with van der Waals surface area (Å²) >= 11 is 0. The predicted molar refractivity (Wildman–Crippen MR) is 58.9 cm³/mol. The molecule has 0 spiro atoms. The monoisotopic (exact) mass is 225 g/mol. The van der Waals surface area contributed by atoms with Gasteiger partial charge in [0.2, 0.25) is 5.91 Å². The molecule has 2 unspecified atom stereocenters. The van der Waals surface area contributed by atoms with E-state index in [1.54, 1.807) is 4.90 Å². The molecule has 1 aliphatic carbocycles. The SMILES string of the molecule is CC1C(C(=O)O)CCN1C(=O)CC1CCC1. The van der Waals surface area contributed by atoms with Crippen LogP contribution in [0.2, 0.25) is 0 Å². The number of hydrogen-bond acceptors (Lipinski definition) is 2. The fourth-order valence-corrected chi connectivity index (χ4v) is 2.68. The summed E-state index contributed by atoms with van der Waals surface area (Å²) in [6.07, 6.45) is 4.79. The maximum Gasteiger partial charge on any atom is 0.308 e. The number of carboxylic acid groups (broad SMARTS) is 1. The highest BCUT2D eigenvalue weighted by Crippen LogP contribution is 2.32. The summed E-state index contributed by atoms with van der Waals surface area (Å²) in [4.78, 5) is 24.7. The van der Waals surface area contributed by atoms with Crippen LogP contribution in [0.3, 0.4) is 0 Å². The smallest absolute Gasteiger partial charge is 0.308 e. The largest absolute Gasteiger partial charge is 0.481 e. The van der Waals surface area contributed by atoms with Crippen molar-refractivity contribution in [3.8, 4) is 0 Å². The van der Waals surface area contributed by atoms with Crippen LogP contribution in [0.25, 0.3) is 0 Å². The van der Waals surface area contributed by atoms with Gasteiger partial charge in [0.15, 0.2) is 0 Å². The number of amides is 1. The minimum Gasteiger partial charge on any atom is -0.481 e. The molecule has 1 N–H and O–H groups in total. The molecular formula is C12H19NO3. The van der Waals surface area contributed by atoms with E-state index in [0.717, 1.165) is 12.8 Å². The Morgan fingerprint density at radius 3 is 2.44 bits per heavy atom. The van der Waals surface area contributed by atoms with Crippen molar-refractivity contribution >= 4 is 11.9 Å². The van der Waals surface area contributed by atoms with Gasteiger partial charge in [-0.15, -0.1) is 0 Å². The van der Waals surface area contributed by atoms with E-state index in [1.165, 1.54) is 6.42 Å². The van der Waals surface area contributed by atoms with Crippen LogP contribution < -0.4 is 0 Å². The van der Waals surface area contributed by atoms with Crippen molar-refractivity contribution in [3.05, 3.63) is 0 Å². The zero-order valence-corrected chi connectivity index (χ0v) is 9.69. The molecular weight excluding hydrogens is 206 g/mol. The average Bonchev–Trinajstić information content (AvgIpc) is 2.53. The van der Waals surface area contributed by atoms with E-state index < -0.39 is 5.97 Å². The highest BCUT2D eigenvalue weighted by molar-refractivity contribution is 5.79. The number of hydrogen-bond donors (Lipinski definition) is 1. The van der Waals surface area contributed by atoms with Gasteiger partial charge in [-0.2, -0.15) is 0 Å². The average molecular weight is 225 g/mol. The summed E-state index contributed by atoms with van der Waals surface area (Å²) in [5, 5.41) is 8.98. The lowest BCUT2D eigenvalue weighted by Crippen LogP contribution is -2.39. The molecule has 0 radical (unpaired) electrons. The van der Waals surface area contributed by atoms with Crippen LogP contribution in [-0.4, -0.2) is 34.5 Å². The first kappa shape index (κ1) is 11.4. The Balaban J connectivity index is 1.89. The molecule has 2 aliphatic rings. The Labute approximate surface area is 95.6 Å². The summed E-state index contributed by atoms with van der Waals surface area (Å²) < 4.78 is 0. The molecule has 1 saturated heterocycles. The number of carbonyl (C=O) groups excluding carboxylic acids is 1. The second kappa shape index (κ2) is 4.44. The molecule has 0 aromatic carbocycles. The number of carboxylic acids is 1. The van der Waals surface area contributed by atoms with Gasteiger partial charge in [0.1, 0.15) is 0 Å². The maximum absolute atomic E-state index is 12.0. The molecule has 1 amide bonds. The molecule has 1 aliphatic heterocycles. The van der Waals surface area contributed by atoms with E-state index in [0.29, 0.717) is 25.3 Å². The summed E-state index contributed by atoms with van der Waals surface area (Å²) in [6.45, 7) is 2.47. The van der Waals surface area contributed by atoms with Crippen molar-refractivity contribution in [2.24, 2.45) is 11.8 Å². The molecule has 2 fully saturated rings. The Hall–Kier alpha value is -1.06. The van der Waals surface area contributed by atoms with Gasteiger partial charge in [0.25, 0.3) is 0 Å². The molecule has 2 atom stereocenters. The normalized spacial score (nSPS) is 30.2. The van der Waals surface area contributed by atoms with E-state index in [-0.39, 0.29) is 17.9 Å². The van der Waals surface area contributed by atoms with E-state index in [1.807, 2.05) is 6.92 Å². The van der Waals surface area contributed by atoms with Crippen LogP contribution in [0.4, 0.5) is 0 Å². The maximum atomic E-state index is 12.0.